The van der Waals surface area contributed by atoms with Crippen LogP contribution in [0.2, 0.25) is 0 Å². The van der Waals surface area contributed by atoms with Crippen LogP contribution in [0.15, 0.2) is 12.3 Å². The van der Waals surface area contributed by atoms with Crippen molar-refractivity contribution >= 4 is 15.9 Å². The van der Waals surface area contributed by atoms with Crippen LogP contribution in [0.3, 0.4) is 0 Å². The first kappa shape index (κ1) is 18.3. The molecule has 1 spiro atoms. The molecule has 2 aliphatic heterocycles. The molecular formula is C15H24N4O5S. The van der Waals surface area contributed by atoms with Gasteiger partial charge in [0.25, 0.3) is 5.91 Å². The Morgan fingerprint density at radius 2 is 2.32 bits per heavy atom. The Morgan fingerprint density at radius 3 is 3.00 bits per heavy atom. The smallest absolute Gasteiger partial charge is 0.272 e. The molecule has 2 aliphatic rings. The normalized spacial score (nSPS) is 27.6. The van der Waals surface area contributed by atoms with Crippen LogP contribution in [0.1, 0.15) is 23.3 Å². The van der Waals surface area contributed by atoms with Crippen LogP contribution in [-0.4, -0.2) is 79.8 Å². The highest BCUT2D eigenvalue weighted by Gasteiger charge is 2.44. The zero-order chi connectivity index (χ0) is 18.1. The van der Waals surface area contributed by atoms with E-state index in [4.69, 9.17) is 9.47 Å². The highest BCUT2D eigenvalue weighted by molar-refractivity contribution is 7.88. The van der Waals surface area contributed by atoms with Gasteiger partial charge in [-0.15, -0.1) is 0 Å². The summed E-state index contributed by atoms with van der Waals surface area (Å²) < 4.78 is 38.4. The van der Waals surface area contributed by atoms with E-state index in [1.807, 2.05) is 0 Å². The monoisotopic (exact) mass is 372 g/mol. The Kier molecular flexibility index (Phi) is 5.14. The summed E-state index contributed by atoms with van der Waals surface area (Å²) in [6.07, 6.45) is 3.94. The van der Waals surface area contributed by atoms with E-state index in [-0.39, 0.29) is 18.6 Å². The van der Waals surface area contributed by atoms with Gasteiger partial charge in [0.05, 0.1) is 32.1 Å². The van der Waals surface area contributed by atoms with Crippen molar-refractivity contribution in [2.45, 2.75) is 24.5 Å². The van der Waals surface area contributed by atoms with Gasteiger partial charge >= 0.3 is 0 Å². The summed E-state index contributed by atoms with van der Waals surface area (Å²) in [6.45, 7) is 1.99. The molecule has 1 amide bonds. The van der Waals surface area contributed by atoms with E-state index in [0.717, 1.165) is 19.1 Å². The third kappa shape index (κ3) is 4.38. The maximum absolute atomic E-state index is 12.8. The topological polar surface area (TPSA) is 103 Å². The van der Waals surface area contributed by atoms with Crippen molar-refractivity contribution in [3.63, 3.8) is 0 Å². The molecule has 0 unspecified atom stereocenters. The number of aryl methyl sites for hydroxylation is 1. The van der Waals surface area contributed by atoms with E-state index < -0.39 is 15.6 Å². The second-order valence-corrected chi connectivity index (χ2v) is 8.53. The number of aromatic nitrogens is 2. The molecule has 10 heteroatoms. The predicted molar refractivity (Wildman–Crippen MR) is 89.6 cm³/mol. The van der Waals surface area contributed by atoms with Crippen molar-refractivity contribution in [2.75, 3.05) is 39.1 Å². The molecule has 3 rings (SSSR count). The number of ether oxygens (including phenoxy) is 2. The fourth-order valence-corrected chi connectivity index (χ4v) is 3.82. The SMILES string of the molecule is Cn1nccc1C(=O)N1CCOC[C@@]2(CC[C@@H](CNS(C)(=O)=O)O2)C1. The van der Waals surface area contributed by atoms with Gasteiger partial charge < -0.3 is 14.4 Å². The molecular weight excluding hydrogens is 348 g/mol. The zero-order valence-electron chi connectivity index (χ0n) is 14.5. The standard InChI is InChI=1S/C15H24N4O5S/c1-18-13(4-6-16-18)14(20)19-7-8-23-11-15(10-19)5-3-12(24-15)9-17-25(2,21)22/h4,6,12,17H,3,5,7-11H2,1-2H3/t12-,15+/m0/s1. The summed E-state index contributed by atoms with van der Waals surface area (Å²) in [5, 5.41) is 4.05. The van der Waals surface area contributed by atoms with E-state index in [1.165, 1.54) is 0 Å². The average molecular weight is 372 g/mol. The molecule has 0 bridgehead atoms. The van der Waals surface area contributed by atoms with Gasteiger partial charge in [-0.25, -0.2) is 13.1 Å². The fraction of sp³-hybridized carbons (Fsp3) is 0.733. The first-order valence-electron chi connectivity index (χ1n) is 8.25. The number of amides is 1. The second-order valence-electron chi connectivity index (χ2n) is 6.70. The molecule has 25 heavy (non-hydrogen) atoms. The van der Waals surface area contributed by atoms with Crippen molar-refractivity contribution in [1.82, 2.24) is 19.4 Å². The van der Waals surface area contributed by atoms with Crippen LogP contribution < -0.4 is 4.72 Å². The van der Waals surface area contributed by atoms with Gasteiger partial charge in [0.2, 0.25) is 10.0 Å². The highest BCUT2D eigenvalue weighted by Crippen LogP contribution is 2.33. The van der Waals surface area contributed by atoms with E-state index in [2.05, 4.69) is 9.82 Å². The summed E-state index contributed by atoms with van der Waals surface area (Å²) in [5.41, 5.74) is -0.0699. The molecule has 3 heterocycles. The molecule has 140 valence electrons. The van der Waals surface area contributed by atoms with Crippen LogP contribution in [0.4, 0.5) is 0 Å². The maximum Gasteiger partial charge on any atom is 0.272 e. The minimum atomic E-state index is -3.26. The fourth-order valence-electron chi connectivity index (χ4n) is 3.33. The second kappa shape index (κ2) is 7.02. The van der Waals surface area contributed by atoms with Gasteiger partial charge in [-0.3, -0.25) is 9.48 Å². The van der Waals surface area contributed by atoms with Crippen LogP contribution in [0.5, 0.6) is 0 Å². The van der Waals surface area contributed by atoms with Crippen LogP contribution >= 0.6 is 0 Å². The van der Waals surface area contributed by atoms with Crippen molar-refractivity contribution in [3.8, 4) is 0 Å². The van der Waals surface area contributed by atoms with E-state index in [0.29, 0.717) is 32.0 Å². The van der Waals surface area contributed by atoms with Crippen molar-refractivity contribution in [1.29, 1.82) is 0 Å². The van der Waals surface area contributed by atoms with Crippen molar-refractivity contribution in [3.05, 3.63) is 18.0 Å². The zero-order valence-corrected chi connectivity index (χ0v) is 15.3. The lowest BCUT2D eigenvalue weighted by Crippen LogP contribution is -2.47. The third-order valence-electron chi connectivity index (χ3n) is 4.59. The maximum atomic E-state index is 12.8. The lowest BCUT2D eigenvalue weighted by atomic mass is 10.00. The Labute approximate surface area is 147 Å². The van der Waals surface area contributed by atoms with Crippen LogP contribution in [0.25, 0.3) is 0 Å². The Hall–Kier alpha value is -1.49. The molecule has 2 saturated heterocycles. The quantitative estimate of drug-likeness (QED) is 0.754. The van der Waals surface area contributed by atoms with Crippen molar-refractivity contribution in [2.24, 2.45) is 7.05 Å². The molecule has 9 nitrogen and oxygen atoms in total. The number of rotatable bonds is 4. The van der Waals surface area contributed by atoms with E-state index in [1.54, 1.807) is 28.9 Å². The Bertz CT molecular complexity index is 734. The predicted octanol–water partition coefficient (Wildman–Crippen LogP) is -0.640. The average Bonchev–Trinajstić information content (AvgIpc) is 3.07. The molecule has 1 aromatic heterocycles. The van der Waals surface area contributed by atoms with Crippen LogP contribution in [-0.2, 0) is 26.5 Å². The van der Waals surface area contributed by atoms with E-state index in [9.17, 15) is 13.2 Å². The van der Waals surface area contributed by atoms with Gasteiger partial charge in [-0.1, -0.05) is 0 Å². The summed E-state index contributed by atoms with van der Waals surface area (Å²) in [5.74, 6) is -0.105. The molecule has 1 N–H and O–H groups in total. The van der Waals surface area contributed by atoms with Gasteiger partial charge in [0.1, 0.15) is 11.3 Å². The lowest BCUT2D eigenvalue weighted by Gasteiger charge is -2.32. The number of carbonyl (C=O) groups is 1. The third-order valence-corrected chi connectivity index (χ3v) is 5.28. The summed E-state index contributed by atoms with van der Waals surface area (Å²) in [7, 11) is -1.52. The molecule has 0 radical (unpaired) electrons. The Morgan fingerprint density at radius 1 is 1.52 bits per heavy atom. The molecule has 2 atom stereocenters. The number of nitrogens with one attached hydrogen (secondary N) is 1. The summed E-state index contributed by atoms with van der Waals surface area (Å²) in [6, 6.07) is 1.69. The van der Waals surface area contributed by atoms with Gasteiger partial charge in [-0.2, -0.15) is 5.10 Å². The van der Waals surface area contributed by atoms with Gasteiger partial charge in [0, 0.05) is 26.3 Å². The minimum Gasteiger partial charge on any atom is -0.377 e. The number of sulfonamides is 1. The Balaban J connectivity index is 1.68. The molecule has 0 saturated carbocycles. The summed E-state index contributed by atoms with van der Waals surface area (Å²) >= 11 is 0. The number of hydrogen-bond acceptors (Lipinski definition) is 6. The number of nitrogens with zero attached hydrogens (tertiary/aromatic N) is 3. The molecule has 0 aromatic carbocycles. The molecule has 1 aromatic rings. The van der Waals surface area contributed by atoms with Crippen molar-refractivity contribution < 1.29 is 22.7 Å². The lowest BCUT2D eigenvalue weighted by molar-refractivity contribution is -0.0819. The molecule has 0 aliphatic carbocycles. The summed E-state index contributed by atoms with van der Waals surface area (Å²) in [4.78, 5) is 14.5. The minimum absolute atomic E-state index is 0.105. The first-order chi connectivity index (χ1) is 11.8. The first-order valence-corrected chi connectivity index (χ1v) is 10.1. The largest absolute Gasteiger partial charge is 0.377 e. The number of hydrogen-bond donors (Lipinski definition) is 1. The van der Waals surface area contributed by atoms with Gasteiger partial charge in [0.15, 0.2) is 0 Å². The highest BCUT2D eigenvalue weighted by atomic mass is 32.2. The van der Waals surface area contributed by atoms with Crippen LogP contribution in [0, 0.1) is 0 Å². The van der Waals surface area contributed by atoms with E-state index >= 15 is 0 Å². The number of carbonyl (C=O) groups excluding carboxylic acids is 1. The van der Waals surface area contributed by atoms with Gasteiger partial charge in [-0.05, 0) is 18.9 Å². The molecule has 2 fully saturated rings.